The van der Waals surface area contributed by atoms with Crippen LogP contribution in [0.5, 0.6) is 5.75 Å². The summed E-state index contributed by atoms with van der Waals surface area (Å²) in [5, 5.41) is 9.89. The van der Waals surface area contributed by atoms with E-state index in [0.29, 0.717) is 6.61 Å². The highest BCUT2D eigenvalue weighted by molar-refractivity contribution is 6.74. The van der Waals surface area contributed by atoms with Gasteiger partial charge in [0.1, 0.15) is 17.3 Å². The lowest BCUT2D eigenvalue weighted by Gasteiger charge is -2.41. The lowest BCUT2D eigenvalue weighted by atomic mass is 9.85. The van der Waals surface area contributed by atoms with E-state index in [-0.39, 0.29) is 18.3 Å². The Morgan fingerprint density at radius 3 is 2.32 bits per heavy atom. The second-order valence-electron chi connectivity index (χ2n) is 9.18. The van der Waals surface area contributed by atoms with Crippen LogP contribution in [0, 0.1) is 5.41 Å². The van der Waals surface area contributed by atoms with E-state index in [1.54, 1.807) is 14.0 Å². The predicted octanol–water partition coefficient (Wildman–Crippen LogP) is 3.53. The van der Waals surface area contributed by atoms with E-state index < -0.39 is 31.9 Å². The van der Waals surface area contributed by atoms with Crippen molar-refractivity contribution in [3.05, 3.63) is 29.8 Å². The fraction of sp³-hybridized carbons (Fsp3) is 0.667. The largest absolute Gasteiger partial charge is 0.497 e. The molecule has 0 spiro atoms. The number of ether oxygens (including phenoxy) is 3. The van der Waals surface area contributed by atoms with Crippen LogP contribution in [-0.4, -0.2) is 51.9 Å². The molecule has 28 heavy (non-hydrogen) atoms. The Hall–Kier alpha value is -1.41. The molecule has 1 aromatic carbocycles. The molecule has 1 N–H and O–H groups in total. The highest BCUT2D eigenvalue weighted by atomic mass is 28.4. The van der Waals surface area contributed by atoms with Gasteiger partial charge in [0.2, 0.25) is 0 Å². The topological polar surface area (TPSA) is 74.2 Å². The van der Waals surface area contributed by atoms with Crippen molar-refractivity contribution >= 4 is 14.3 Å². The van der Waals surface area contributed by atoms with Gasteiger partial charge >= 0.3 is 5.97 Å². The number of hydrogen-bond acceptors (Lipinski definition) is 6. The molecule has 1 aliphatic heterocycles. The van der Waals surface area contributed by atoms with E-state index in [1.807, 2.05) is 24.3 Å². The monoisotopic (exact) mass is 410 g/mol. The number of aliphatic hydroxyl groups is 1. The maximum atomic E-state index is 12.5. The average Bonchev–Trinajstić information content (AvgIpc) is 2.86. The summed E-state index contributed by atoms with van der Waals surface area (Å²) in [7, 11) is -0.547. The number of benzene rings is 1. The maximum Gasteiger partial charge on any atom is 0.317 e. The number of hydrogen-bond donors (Lipinski definition) is 1. The summed E-state index contributed by atoms with van der Waals surface area (Å²) in [6.45, 7) is 12.7. The first-order chi connectivity index (χ1) is 12.9. The normalized spacial score (nSPS) is 25.6. The zero-order valence-corrected chi connectivity index (χ0v) is 19.1. The van der Waals surface area contributed by atoms with Crippen molar-refractivity contribution in [2.45, 2.75) is 64.6 Å². The van der Waals surface area contributed by atoms with Crippen LogP contribution in [0.3, 0.4) is 0 Å². The van der Waals surface area contributed by atoms with Crippen molar-refractivity contribution in [1.29, 1.82) is 0 Å². The first kappa shape index (κ1) is 22.9. The summed E-state index contributed by atoms with van der Waals surface area (Å²) < 4.78 is 23.1. The Balaban J connectivity index is 2.08. The molecule has 1 aromatic rings. The van der Waals surface area contributed by atoms with Crippen molar-refractivity contribution in [2.75, 3.05) is 20.3 Å². The molecule has 1 unspecified atom stereocenters. The van der Waals surface area contributed by atoms with E-state index in [0.717, 1.165) is 11.3 Å². The van der Waals surface area contributed by atoms with Crippen molar-refractivity contribution in [3.63, 3.8) is 0 Å². The quantitative estimate of drug-likeness (QED) is 0.522. The average molecular weight is 411 g/mol. The van der Waals surface area contributed by atoms with Gasteiger partial charge in [-0.1, -0.05) is 32.9 Å². The molecular weight excluding hydrogens is 376 g/mol. The smallest absolute Gasteiger partial charge is 0.317 e. The molecule has 2 rings (SSSR count). The number of methoxy groups -OCH3 is 1. The summed E-state index contributed by atoms with van der Waals surface area (Å²) >= 11 is 0. The summed E-state index contributed by atoms with van der Waals surface area (Å²) in [5.74, 6) is 0.353. The van der Waals surface area contributed by atoms with Crippen LogP contribution in [-0.2, 0) is 25.3 Å². The lowest BCUT2D eigenvalue weighted by Crippen LogP contribution is -2.52. The Bertz CT molecular complexity index is 666. The number of cyclic esters (lactones) is 1. The molecular formula is C21H34O6Si. The minimum atomic E-state index is -2.17. The first-order valence-electron chi connectivity index (χ1n) is 9.65. The third-order valence-corrected chi connectivity index (χ3v) is 10.4. The molecule has 1 saturated heterocycles. The van der Waals surface area contributed by atoms with Crippen LogP contribution in [0.25, 0.3) is 0 Å². The Kier molecular flexibility index (Phi) is 6.97. The van der Waals surface area contributed by atoms with Crippen LogP contribution >= 0.6 is 0 Å². The van der Waals surface area contributed by atoms with E-state index in [4.69, 9.17) is 18.6 Å². The number of carbonyl (C=O) groups excluding carboxylic acids is 1. The van der Waals surface area contributed by atoms with Gasteiger partial charge in [0.15, 0.2) is 14.4 Å². The van der Waals surface area contributed by atoms with Crippen LogP contribution in [0.1, 0.15) is 33.3 Å². The molecule has 0 amide bonds. The van der Waals surface area contributed by atoms with Gasteiger partial charge < -0.3 is 23.7 Å². The summed E-state index contributed by atoms with van der Waals surface area (Å²) in [6.07, 6.45) is -1.08. The second kappa shape index (κ2) is 8.53. The van der Waals surface area contributed by atoms with Crippen LogP contribution in [0.15, 0.2) is 24.3 Å². The van der Waals surface area contributed by atoms with Crippen molar-refractivity contribution in [2.24, 2.45) is 5.41 Å². The van der Waals surface area contributed by atoms with Gasteiger partial charge in [0.25, 0.3) is 0 Å². The van der Waals surface area contributed by atoms with Crippen LogP contribution in [0.4, 0.5) is 0 Å². The zero-order chi connectivity index (χ0) is 21.2. The van der Waals surface area contributed by atoms with Gasteiger partial charge in [-0.05, 0) is 42.8 Å². The molecule has 158 valence electrons. The molecule has 7 heteroatoms. The highest BCUT2D eigenvalue weighted by Crippen LogP contribution is 2.43. The molecule has 0 radical (unpaired) electrons. The fourth-order valence-corrected chi connectivity index (χ4v) is 4.25. The molecule has 1 heterocycles. The zero-order valence-electron chi connectivity index (χ0n) is 18.1. The third-order valence-electron chi connectivity index (χ3n) is 5.96. The lowest BCUT2D eigenvalue weighted by molar-refractivity contribution is -0.151. The number of aliphatic hydroxyl groups excluding tert-OH is 1. The Morgan fingerprint density at radius 2 is 1.82 bits per heavy atom. The standard InChI is InChI=1S/C21H34O6Si/c1-20(2,3)28(6,7)27-18-17(26-19(23)21(18,4)14-22)13-25-12-15-8-10-16(24-5)11-9-15/h8-11,17-18,22H,12-14H2,1-7H3/t17-,18?,21-/m1/s1. The van der Waals surface area contributed by atoms with Gasteiger partial charge in [-0.2, -0.15) is 0 Å². The molecule has 1 aliphatic rings. The Morgan fingerprint density at radius 1 is 1.21 bits per heavy atom. The minimum Gasteiger partial charge on any atom is -0.497 e. The molecule has 1 fully saturated rings. The molecule has 0 bridgehead atoms. The molecule has 0 aliphatic carbocycles. The summed E-state index contributed by atoms with van der Waals surface area (Å²) in [5.41, 5.74) is -0.0826. The predicted molar refractivity (Wildman–Crippen MR) is 110 cm³/mol. The molecule has 3 atom stereocenters. The van der Waals surface area contributed by atoms with E-state index >= 15 is 0 Å². The fourth-order valence-electron chi connectivity index (χ4n) is 2.85. The molecule has 6 nitrogen and oxygen atoms in total. The minimum absolute atomic E-state index is 0.0243. The van der Waals surface area contributed by atoms with Gasteiger partial charge in [-0.25, -0.2) is 0 Å². The SMILES string of the molecule is COc1ccc(COC[C@H]2OC(=O)[C@](C)(CO)C2O[Si](C)(C)C(C)(C)C)cc1. The van der Waals surface area contributed by atoms with Gasteiger partial charge in [-0.3, -0.25) is 4.79 Å². The summed E-state index contributed by atoms with van der Waals surface area (Å²) in [4.78, 5) is 12.5. The highest BCUT2D eigenvalue weighted by Gasteiger charge is 2.57. The van der Waals surface area contributed by atoms with Gasteiger partial charge in [-0.15, -0.1) is 0 Å². The number of carbonyl (C=O) groups is 1. The molecule has 0 aromatic heterocycles. The van der Waals surface area contributed by atoms with Crippen LogP contribution in [0.2, 0.25) is 18.1 Å². The van der Waals surface area contributed by atoms with E-state index in [1.165, 1.54) is 0 Å². The van der Waals surface area contributed by atoms with Gasteiger partial charge in [0.05, 0.1) is 26.9 Å². The van der Waals surface area contributed by atoms with Crippen molar-refractivity contribution in [3.8, 4) is 5.75 Å². The maximum absolute atomic E-state index is 12.5. The van der Waals surface area contributed by atoms with Crippen molar-refractivity contribution in [1.82, 2.24) is 0 Å². The van der Waals surface area contributed by atoms with Crippen LogP contribution < -0.4 is 4.74 Å². The third kappa shape index (κ3) is 4.76. The van der Waals surface area contributed by atoms with Gasteiger partial charge in [0, 0.05) is 0 Å². The Labute approximate surface area is 169 Å². The molecule has 0 saturated carbocycles. The second-order valence-corrected chi connectivity index (χ2v) is 13.9. The van der Waals surface area contributed by atoms with Crippen molar-refractivity contribution < 1.29 is 28.5 Å². The first-order valence-corrected chi connectivity index (χ1v) is 12.6. The summed E-state index contributed by atoms with van der Waals surface area (Å²) in [6, 6.07) is 7.61. The number of rotatable bonds is 8. The van der Waals surface area contributed by atoms with E-state index in [9.17, 15) is 9.90 Å². The van der Waals surface area contributed by atoms with E-state index in [2.05, 4.69) is 33.9 Å². The number of esters is 1.